The van der Waals surface area contributed by atoms with E-state index < -0.39 is 0 Å². The summed E-state index contributed by atoms with van der Waals surface area (Å²) in [6.45, 7) is 5.48. The lowest BCUT2D eigenvalue weighted by atomic mass is 10.0. The maximum atomic E-state index is 12.8. The number of hydrazine groups is 1. The summed E-state index contributed by atoms with van der Waals surface area (Å²) in [5.41, 5.74) is 10.1. The van der Waals surface area contributed by atoms with Crippen LogP contribution in [0.5, 0.6) is 0 Å². The minimum atomic E-state index is -0.181. The molecule has 1 aliphatic heterocycles. The van der Waals surface area contributed by atoms with Crippen LogP contribution < -0.4 is 10.9 Å². The van der Waals surface area contributed by atoms with E-state index >= 15 is 0 Å². The highest BCUT2D eigenvalue weighted by atomic mass is 16.2. The quantitative estimate of drug-likeness (QED) is 0.889. The summed E-state index contributed by atoms with van der Waals surface area (Å²) < 4.78 is 0. The summed E-state index contributed by atoms with van der Waals surface area (Å²) in [6, 6.07) is 18.6. The molecule has 0 spiro atoms. The van der Waals surface area contributed by atoms with Crippen molar-refractivity contribution in [3.05, 3.63) is 71.3 Å². The third kappa shape index (κ3) is 3.83. The van der Waals surface area contributed by atoms with E-state index in [-0.39, 0.29) is 18.0 Å². The van der Waals surface area contributed by atoms with Crippen LogP contribution in [0.1, 0.15) is 36.1 Å². The maximum absolute atomic E-state index is 12.8. The van der Waals surface area contributed by atoms with Crippen LogP contribution in [0.15, 0.2) is 54.6 Å². The van der Waals surface area contributed by atoms with Crippen molar-refractivity contribution < 1.29 is 4.79 Å². The molecule has 1 amide bonds. The molecule has 1 saturated heterocycles. The number of rotatable bonds is 5. The largest absolute Gasteiger partial charge is 0.337 e. The minimum Gasteiger partial charge on any atom is -0.337 e. The van der Waals surface area contributed by atoms with E-state index in [0.717, 1.165) is 12.0 Å². The number of amides is 1. The first-order valence-electron chi connectivity index (χ1n) is 8.57. The first-order chi connectivity index (χ1) is 11.7. The standard InChI is InChI=1S/C20H25N3O/c1-3-23(14-16-7-5-4-6-8-16)20(24)19-13-18(21-22-19)17-11-9-15(2)10-12-17/h4-12,18-19,21-22H,3,13-14H2,1-2H3. The van der Waals surface area contributed by atoms with Gasteiger partial charge >= 0.3 is 0 Å². The minimum absolute atomic E-state index is 0.156. The van der Waals surface area contributed by atoms with Gasteiger partial charge < -0.3 is 4.90 Å². The van der Waals surface area contributed by atoms with Crippen molar-refractivity contribution in [2.24, 2.45) is 0 Å². The highest BCUT2D eigenvalue weighted by Crippen LogP contribution is 2.23. The number of benzene rings is 2. The molecule has 2 N–H and O–H groups in total. The Kier molecular flexibility index (Phi) is 5.28. The van der Waals surface area contributed by atoms with E-state index in [1.807, 2.05) is 30.0 Å². The number of carbonyl (C=O) groups is 1. The lowest BCUT2D eigenvalue weighted by Crippen LogP contribution is -2.45. The van der Waals surface area contributed by atoms with E-state index in [0.29, 0.717) is 13.1 Å². The molecular formula is C20H25N3O. The molecule has 0 saturated carbocycles. The van der Waals surface area contributed by atoms with Gasteiger partial charge in [-0.25, -0.2) is 10.9 Å². The summed E-state index contributed by atoms with van der Waals surface area (Å²) in [6.07, 6.45) is 0.771. The molecule has 2 atom stereocenters. The number of hydrogen-bond donors (Lipinski definition) is 2. The predicted octanol–water partition coefficient (Wildman–Crippen LogP) is 2.95. The molecule has 2 unspecified atom stereocenters. The van der Waals surface area contributed by atoms with Crippen LogP contribution in [0.2, 0.25) is 0 Å². The summed E-state index contributed by atoms with van der Waals surface area (Å²) >= 11 is 0. The van der Waals surface area contributed by atoms with E-state index in [1.54, 1.807) is 0 Å². The molecule has 2 aromatic rings. The van der Waals surface area contributed by atoms with Crippen molar-refractivity contribution in [1.29, 1.82) is 0 Å². The fourth-order valence-electron chi connectivity index (χ4n) is 3.11. The first-order valence-corrected chi connectivity index (χ1v) is 8.57. The average molecular weight is 323 g/mol. The normalized spacial score (nSPS) is 20.1. The zero-order valence-corrected chi connectivity index (χ0v) is 14.3. The molecular weight excluding hydrogens is 298 g/mol. The molecule has 1 fully saturated rings. The average Bonchev–Trinajstić information content (AvgIpc) is 3.10. The summed E-state index contributed by atoms with van der Waals surface area (Å²) in [5.74, 6) is 0.156. The lowest BCUT2D eigenvalue weighted by Gasteiger charge is -2.24. The Hall–Kier alpha value is -2.17. The van der Waals surface area contributed by atoms with Crippen LogP contribution in [0.3, 0.4) is 0 Å². The highest BCUT2D eigenvalue weighted by Gasteiger charge is 2.32. The van der Waals surface area contributed by atoms with Gasteiger partial charge in [0.15, 0.2) is 0 Å². The van der Waals surface area contributed by atoms with Crippen LogP contribution in [0.25, 0.3) is 0 Å². The number of aryl methyl sites for hydroxylation is 1. The molecule has 4 nitrogen and oxygen atoms in total. The zero-order chi connectivity index (χ0) is 16.9. The monoisotopic (exact) mass is 323 g/mol. The van der Waals surface area contributed by atoms with Gasteiger partial charge in [-0.05, 0) is 31.4 Å². The summed E-state index contributed by atoms with van der Waals surface area (Å²) in [7, 11) is 0. The molecule has 1 aliphatic rings. The SMILES string of the molecule is CCN(Cc1ccccc1)C(=O)C1CC(c2ccc(C)cc2)NN1. The van der Waals surface area contributed by atoms with Gasteiger partial charge in [-0.3, -0.25) is 4.79 Å². The van der Waals surface area contributed by atoms with Crippen molar-refractivity contribution in [2.75, 3.05) is 6.54 Å². The van der Waals surface area contributed by atoms with Crippen molar-refractivity contribution in [3.63, 3.8) is 0 Å². The van der Waals surface area contributed by atoms with Crippen LogP contribution in [0.4, 0.5) is 0 Å². The number of carbonyl (C=O) groups excluding carboxylic acids is 1. The van der Waals surface area contributed by atoms with Crippen molar-refractivity contribution in [1.82, 2.24) is 15.8 Å². The Bertz CT molecular complexity index is 669. The molecule has 24 heavy (non-hydrogen) atoms. The molecule has 0 bridgehead atoms. The fourth-order valence-corrected chi connectivity index (χ4v) is 3.11. The van der Waals surface area contributed by atoms with Crippen LogP contribution >= 0.6 is 0 Å². The third-order valence-corrected chi connectivity index (χ3v) is 4.59. The first kappa shape index (κ1) is 16.7. The summed E-state index contributed by atoms with van der Waals surface area (Å²) in [5, 5.41) is 0. The van der Waals surface area contributed by atoms with Crippen LogP contribution in [-0.2, 0) is 11.3 Å². The molecule has 126 valence electrons. The van der Waals surface area contributed by atoms with Crippen molar-refractivity contribution in [2.45, 2.75) is 38.9 Å². The summed E-state index contributed by atoms with van der Waals surface area (Å²) in [4.78, 5) is 14.7. The number of nitrogens with one attached hydrogen (secondary N) is 2. The van der Waals surface area contributed by atoms with E-state index in [9.17, 15) is 4.79 Å². The van der Waals surface area contributed by atoms with Gasteiger partial charge in [-0.2, -0.15) is 0 Å². The van der Waals surface area contributed by atoms with Gasteiger partial charge in [0, 0.05) is 19.1 Å². The Labute approximate surface area is 143 Å². The second-order valence-corrected chi connectivity index (χ2v) is 6.38. The number of hydrogen-bond acceptors (Lipinski definition) is 3. The number of nitrogens with zero attached hydrogens (tertiary/aromatic N) is 1. The van der Waals surface area contributed by atoms with Gasteiger partial charge in [0.1, 0.15) is 6.04 Å². The lowest BCUT2D eigenvalue weighted by molar-refractivity contribution is -0.133. The fraction of sp³-hybridized carbons (Fsp3) is 0.350. The van der Waals surface area contributed by atoms with Crippen molar-refractivity contribution in [3.8, 4) is 0 Å². The van der Waals surface area contributed by atoms with E-state index in [4.69, 9.17) is 0 Å². The van der Waals surface area contributed by atoms with Gasteiger partial charge in [-0.15, -0.1) is 0 Å². The van der Waals surface area contributed by atoms with E-state index in [2.05, 4.69) is 54.2 Å². The molecule has 0 radical (unpaired) electrons. The van der Waals surface area contributed by atoms with Gasteiger partial charge in [0.2, 0.25) is 5.91 Å². The Morgan fingerprint density at radius 1 is 1.08 bits per heavy atom. The topological polar surface area (TPSA) is 44.4 Å². The molecule has 0 aromatic heterocycles. The molecule has 0 aliphatic carbocycles. The smallest absolute Gasteiger partial charge is 0.241 e. The zero-order valence-electron chi connectivity index (χ0n) is 14.3. The van der Waals surface area contributed by atoms with Crippen molar-refractivity contribution >= 4 is 5.91 Å². The predicted molar refractivity (Wildman–Crippen MR) is 96.1 cm³/mol. The molecule has 3 rings (SSSR count). The van der Waals surface area contributed by atoms with E-state index in [1.165, 1.54) is 11.1 Å². The van der Waals surface area contributed by atoms with Gasteiger partial charge in [0.25, 0.3) is 0 Å². The molecule has 2 aromatic carbocycles. The van der Waals surface area contributed by atoms with Gasteiger partial charge in [-0.1, -0.05) is 60.2 Å². The second kappa shape index (κ2) is 7.60. The Morgan fingerprint density at radius 2 is 1.79 bits per heavy atom. The maximum Gasteiger partial charge on any atom is 0.241 e. The second-order valence-electron chi connectivity index (χ2n) is 6.38. The Balaban J connectivity index is 1.63. The number of likely N-dealkylation sites (N-methyl/N-ethyl adjacent to an activating group) is 1. The molecule has 1 heterocycles. The molecule has 4 heteroatoms. The van der Waals surface area contributed by atoms with Crippen LogP contribution in [-0.4, -0.2) is 23.4 Å². The van der Waals surface area contributed by atoms with Gasteiger partial charge in [0.05, 0.1) is 0 Å². The highest BCUT2D eigenvalue weighted by molar-refractivity contribution is 5.82. The third-order valence-electron chi connectivity index (χ3n) is 4.59. The Morgan fingerprint density at radius 3 is 2.46 bits per heavy atom. The van der Waals surface area contributed by atoms with Crippen LogP contribution in [0, 0.1) is 6.92 Å².